The first-order chi connectivity index (χ1) is 13.5. The minimum absolute atomic E-state index is 0.00473. The number of benzene rings is 1. The van der Waals surface area contributed by atoms with Crippen LogP contribution < -0.4 is 10.2 Å². The van der Waals surface area contributed by atoms with E-state index in [1.54, 1.807) is 29.0 Å². The number of fused-ring (bicyclic) bond motifs is 3. The van der Waals surface area contributed by atoms with Gasteiger partial charge < -0.3 is 19.7 Å². The monoisotopic (exact) mass is 389 g/mol. The fourth-order valence-electron chi connectivity index (χ4n) is 3.85. The molecule has 1 unspecified atom stereocenters. The molecule has 0 radical (unpaired) electrons. The SMILES string of the molecule is COCCOCCNC(=O)CCN1C(=O)c2ccccc2N2C(=O)CCC12C. The number of nitrogens with zero attached hydrogens (tertiary/aromatic N) is 2. The molecule has 1 N–H and O–H groups in total. The average Bonchev–Trinajstić information content (AvgIpc) is 3.00. The van der Waals surface area contributed by atoms with Crippen LogP contribution in [0.4, 0.5) is 5.69 Å². The van der Waals surface area contributed by atoms with Gasteiger partial charge in [-0.1, -0.05) is 12.1 Å². The predicted molar refractivity (Wildman–Crippen MR) is 103 cm³/mol. The van der Waals surface area contributed by atoms with Crippen molar-refractivity contribution in [2.45, 2.75) is 31.8 Å². The van der Waals surface area contributed by atoms with Crippen LogP contribution in [0, 0.1) is 0 Å². The summed E-state index contributed by atoms with van der Waals surface area (Å²) in [4.78, 5) is 41.1. The van der Waals surface area contributed by atoms with Crippen LogP contribution in [0.2, 0.25) is 0 Å². The van der Waals surface area contributed by atoms with Crippen molar-refractivity contribution in [1.82, 2.24) is 10.2 Å². The third kappa shape index (κ3) is 3.88. The van der Waals surface area contributed by atoms with Crippen molar-refractivity contribution < 1.29 is 23.9 Å². The van der Waals surface area contributed by atoms with Gasteiger partial charge >= 0.3 is 0 Å². The first kappa shape index (κ1) is 20.3. The van der Waals surface area contributed by atoms with Crippen molar-refractivity contribution in [3.8, 4) is 0 Å². The molecule has 0 aliphatic carbocycles. The van der Waals surface area contributed by atoms with Gasteiger partial charge in [0, 0.05) is 33.0 Å². The molecular weight excluding hydrogens is 362 g/mol. The van der Waals surface area contributed by atoms with Gasteiger partial charge in [-0.05, 0) is 25.5 Å². The molecule has 1 saturated heterocycles. The molecule has 2 aliphatic rings. The lowest BCUT2D eigenvalue weighted by atomic mass is 9.98. The van der Waals surface area contributed by atoms with Gasteiger partial charge in [0.05, 0.1) is 31.1 Å². The van der Waals surface area contributed by atoms with E-state index in [-0.39, 0.29) is 30.7 Å². The summed E-state index contributed by atoms with van der Waals surface area (Å²) in [5.41, 5.74) is 0.431. The Morgan fingerprint density at radius 2 is 2.00 bits per heavy atom. The molecule has 2 aliphatic heterocycles. The molecule has 0 saturated carbocycles. The quantitative estimate of drug-likeness (QED) is 0.640. The van der Waals surface area contributed by atoms with E-state index in [1.807, 2.05) is 19.1 Å². The molecule has 152 valence electrons. The van der Waals surface area contributed by atoms with E-state index in [2.05, 4.69) is 5.32 Å². The topological polar surface area (TPSA) is 88.2 Å². The fraction of sp³-hybridized carbons (Fsp3) is 0.550. The van der Waals surface area contributed by atoms with Crippen molar-refractivity contribution in [1.29, 1.82) is 0 Å². The van der Waals surface area contributed by atoms with Gasteiger partial charge in [-0.2, -0.15) is 0 Å². The summed E-state index contributed by atoms with van der Waals surface area (Å²) >= 11 is 0. The molecule has 1 fully saturated rings. The third-order valence-electron chi connectivity index (χ3n) is 5.31. The Kier molecular flexibility index (Phi) is 6.31. The minimum Gasteiger partial charge on any atom is -0.382 e. The van der Waals surface area contributed by atoms with Crippen molar-refractivity contribution in [2.75, 3.05) is 44.9 Å². The molecule has 8 heteroatoms. The zero-order valence-electron chi connectivity index (χ0n) is 16.4. The number of nitrogens with one attached hydrogen (secondary N) is 1. The number of carbonyl (C=O) groups is 3. The van der Waals surface area contributed by atoms with Crippen molar-refractivity contribution >= 4 is 23.4 Å². The van der Waals surface area contributed by atoms with Crippen LogP contribution in [0.3, 0.4) is 0 Å². The van der Waals surface area contributed by atoms with Crippen molar-refractivity contribution in [2.24, 2.45) is 0 Å². The van der Waals surface area contributed by atoms with Gasteiger partial charge in [0.15, 0.2) is 0 Å². The molecule has 1 aromatic rings. The molecule has 0 aromatic heterocycles. The van der Waals surface area contributed by atoms with Crippen LogP contribution in [-0.2, 0) is 19.1 Å². The van der Waals surface area contributed by atoms with Crippen LogP contribution in [0.15, 0.2) is 24.3 Å². The molecular formula is C20H27N3O5. The Morgan fingerprint density at radius 1 is 1.21 bits per heavy atom. The third-order valence-corrected chi connectivity index (χ3v) is 5.31. The van der Waals surface area contributed by atoms with Crippen LogP contribution in [0.25, 0.3) is 0 Å². The number of amides is 3. The molecule has 0 spiro atoms. The van der Waals surface area contributed by atoms with Crippen molar-refractivity contribution in [3.05, 3.63) is 29.8 Å². The number of anilines is 1. The molecule has 0 bridgehead atoms. The van der Waals surface area contributed by atoms with E-state index in [1.165, 1.54) is 0 Å². The van der Waals surface area contributed by atoms with Gasteiger partial charge in [-0.15, -0.1) is 0 Å². The number of hydrogen-bond donors (Lipinski definition) is 1. The molecule has 2 heterocycles. The average molecular weight is 389 g/mol. The van der Waals surface area contributed by atoms with E-state index in [0.29, 0.717) is 50.5 Å². The maximum atomic E-state index is 13.1. The van der Waals surface area contributed by atoms with E-state index in [4.69, 9.17) is 9.47 Å². The smallest absolute Gasteiger partial charge is 0.257 e. The Morgan fingerprint density at radius 3 is 2.79 bits per heavy atom. The second kappa shape index (κ2) is 8.70. The highest BCUT2D eigenvalue weighted by molar-refractivity contribution is 6.10. The Balaban J connectivity index is 1.61. The number of ether oxygens (including phenoxy) is 2. The summed E-state index contributed by atoms with van der Waals surface area (Å²) in [6, 6.07) is 7.15. The maximum absolute atomic E-state index is 13.1. The second-order valence-electron chi connectivity index (χ2n) is 7.13. The van der Waals surface area contributed by atoms with Gasteiger partial charge in [0.1, 0.15) is 5.66 Å². The minimum atomic E-state index is -0.730. The summed E-state index contributed by atoms with van der Waals surface area (Å²) in [6.45, 7) is 3.96. The summed E-state index contributed by atoms with van der Waals surface area (Å²) in [5.74, 6) is -0.286. The first-order valence-corrected chi connectivity index (χ1v) is 9.56. The second-order valence-corrected chi connectivity index (χ2v) is 7.13. The standard InChI is InChI=1S/C20H27N3O5/c1-20-9-7-18(25)23(20)16-6-4-3-5-15(16)19(26)22(20)11-8-17(24)21-10-12-28-14-13-27-2/h3-6H,7-14H2,1-2H3,(H,21,24). The number of para-hydroxylation sites is 1. The van der Waals surface area contributed by atoms with Gasteiger partial charge in [-0.25, -0.2) is 0 Å². The van der Waals surface area contributed by atoms with E-state index < -0.39 is 5.66 Å². The molecule has 3 amide bonds. The fourth-order valence-corrected chi connectivity index (χ4v) is 3.85. The lowest BCUT2D eigenvalue weighted by molar-refractivity contribution is -0.121. The lowest BCUT2D eigenvalue weighted by Crippen LogP contribution is -2.62. The summed E-state index contributed by atoms with van der Waals surface area (Å²) in [5, 5.41) is 2.79. The highest BCUT2D eigenvalue weighted by Gasteiger charge is 2.52. The van der Waals surface area contributed by atoms with Crippen LogP contribution in [0.1, 0.15) is 36.5 Å². The Bertz CT molecular complexity index is 753. The zero-order valence-corrected chi connectivity index (χ0v) is 16.4. The van der Waals surface area contributed by atoms with Crippen molar-refractivity contribution in [3.63, 3.8) is 0 Å². The maximum Gasteiger partial charge on any atom is 0.257 e. The number of methoxy groups -OCH3 is 1. The zero-order chi connectivity index (χ0) is 20.1. The van der Waals surface area contributed by atoms with Crippen LogP contribution in [-0.4, -0.2) is 68.3 Å². The normalized spacial score (nSPS) is 20.9. The highest BCUT2D eigenvalue weighted by Crippen LogP contribution is 2.43. The molecule has 1 aromatic carbocycles. The van der Waals surface area contributed by atoms with Gasteiger partial charge in [0.2, 0.25) is 11.8 Å². The Hall–Kier alpha value is -2.45. The molecule has 3 rings (SSSR count). The molecule has 1 atom stereocenters. The van der Waals surface area contributed by atoms with Gasteiger partial charge in [0.25, 0.3) is 5.91 Å². The molecule has 8 nitrogen and oxygen atoms in total. The number of hydrogen-bond acceptors (Lipinski definition) is 5. The highest BCUT2D eigenvalue weighted by atomic mass is 16.5. The lowest BCUT2D eigenvalue weighted by Gasteiger charge is -2.48. The summed E-state index contributed by atoms with van der Waals surface area (Å²) < 4.78 is 10.2. The van der Waals surface area contributed by atoms with Crippen LogP contribution in [0.5, 0.6) is 0 Å². The molecule has 28 heavy (non-hydrogen) atoms. The largest absolute Gasteiger partial charge is 0.382 e. The van der Waals surface area contributed by atoms with Crippen LogP contribution >= 0.6 is 0 Å². The summed E-state index contributed by atoms with van der Waals surface area (Å²) in [7, 11) is 1.60. The van der Waals surface area contributed by atoms with E-state index in [0.717, 1.165) is 0 Å². The van der Waals surface area contributed by atoms with Gasteiger partial charge in [-0.3, -0.25) is 19.3 Å². The first-order valence-electron chi connectivity index (χ1n) is 9.56. The predicted octanol–water partition coefficient (Wildman–Crippen LogP) is 1.15. The van der Waals surface area contributed by atoms with E-state index >= 15 is 0 Å². The van der Waals surface area contributed by atoms with E-state index in [9.17, 15) is 14.4 Å². The number of carbonyl (C=O) groups excluding carboxylic acids is 3. The Labute approximate surface area is 164 Å². The summed E-state index contributed by atoms with van der Waals surface area (Å²) in [6.07, 6.45) is 1.12. The number of rotatable bonds is 9.